The molecule has 1 aliphatic heterocycles. The molecular formula is C16H19N5O. The van der Waals surface area contributed by atoms with Gasteiger partial charge in [0.2, 0.25) is 5.91 Å². The summed E-state index contributed by atoms with van der Waals surface area (Å²) in [5.74, 6) is 1.47. The first-order valence-corrected chi connectivity index (χ1v) is 7.43. The molecule has 0 aliphatic carbocycles. The lowest BCUT2D eigenvalue weighted by Gasteiger charge is -2.22. The van der Waals surface area contributed by atoms with E-state index >= 15 is 0 Å². The molecule has 22 heavy (non-hydrogen) atoms. The van der Waals surface area contributed by atoms with E-state index in [0.29, 0.717) is 5.82 Å². The summed E-state index contributed by atoms with van der Waals surface area (Å²) < 4.78 is 0. The van der Waals surface area contributed by atoms with Gasteiger partial charge in [-0.05, 0) is 31.9 Å². The van der Waals surface area contributed by atoms with Gasteiger partial charge in [-0.15, -0.1) is 0 Å². The van der Waals surface area contributed by atoms with E-state index in [1.165, 1.54) is 0 Å². The van der Waals surface area contributed by atoms with Crippen molar-refractivity contribution >= 4 is 17.5 Å². The van der Waals surface area contributed by atoms with Crippen LogP contribution in [-0.4, -0.2) is 32.3 Å². The zero-order valence-corrected chi connectivity index (χ0v) is 12.8. The highest BCUT2D eigenvalue weighted by Crippen LogP contribution is 2.31. The lowest BCUT2D eigenvalue weighted by Crippen LogP contribution is -2.28. The lowest BCUT2D eigenvalue weighted by molar-refractivity contribution is -0.129. The second-order valence-corrected chi connectivity index (χ2v) is 5.49. The third kappa shape index (κ3) is 3.05. The summed E-state index contributed by atoms with van der Waals surface area (Å²) in [6.45, 7) is 4.33. The van der Waals surface area contributed by atoms with Gasteiger partial charge in [-0.25, -0.2) is 9.97 Å². The Balaban J connectivity index is 1.82. The van der Waals surface area contributed by atoms with Crippen LogP contribution in [0.15, 0.2) is 30.6 Å². The minimum atomic E-state index is 0.0252. The van der Waals surface area contributed by atoms with Gasteiger partial charge in [0.05, 0.1) is 24.1 Å². The summed E-state index contributed by atoms with van der Waals surface area (Å²) in [6.07, 6.45) is 5.34. The number of aryl methyl sites for hydroxylation is 1. The van der Waals surface area contributed by atoms with E-state index in [0.717, 1.165) is 36.6 Å². The van der Waals surface area contributed by atoms with Gasteiger partial charge in [0.25, 0.3) is 0 Å². The smallest absolute Gasteiger partial charge is 0.220 e. The minimum absolute atomic E-state index is 0.0252. The van der Waals surface area contributed by atoms with Crippen LogP contribution < -0.4 is 5.32 Å². The maximum atomic E-state index is 11.7. The number of nitrogens with zero attached hydrogens (tertiary/aromatic N) is 4. The Morgan fingerprint density at radius 1 is 1.27 bits per heavy atom. The molecule has 1 saturated heterocycles. The number of carbonyl (C=O) groups excluding carboxylic acids is 1. The zero-order chi connectivity index (χ0) is 15.5. The number of rotatable bonds is 3. The minimum Gasteiger partial charge on any atom is -0.334 e. The maximum absolute atomic E-state index is 11.7. The Morgan fingerprint density at radius 3 is 2.91 bits per heavy atom. The van der Waals surface area contributed by atoms with Crippen molar-refractivity contribution in [2.75, 3.05) is 11.9 Å². The number of hydrogen-bond acceptors (Lipinski definition) is 5. The molecule has 114 valence electrons. The van der Waals surface area contributed by atoms with Crippen molar-refractivity contribution in [1.82, 2.24) is 19.9 Å². The summed E-state index contributed by atoms with van der Waals surface area (Å²) in [6, 6.07) is 5.79. The third-order valence-corrected chi connectivity index (χ3v) is 3.80. The first-order chi connectivity index (χ1) is 10.6. The number of aromatic nitrogens is 3. The fourth-order valence-corrected chi connectivity index (χ4v) is 2.80. The molecule has 1 fully saturated rings. The van der Waals surface area contributed by atoms with Crippen LogP contribution in [0.3, 0.4) is 0 Å². The van der Waals surface area contributed by atoms with Gasteiger partial charge < -0.3 is 10.2 Å². The number of nitrogens with one attached hydrogen (secondary N) is 1. The Kier molecular flexibility index (Phi) is 4.00. The van der Waals surface area contributed by atoms with Crippen LogP contribution in [0.4, 0.5) is 11.6 Å². The number of hydrogen-bond donors (Lipinski definition) is 1. The largest absolute Gasteiger partial charge is 0.334 e. The fraction of sp³-hybridized carbons (Fsp3) is 0.375. The number of anilines is 2. The molecule has 2 aromatic rings. The number of amides is 1. The van der Waals surface area contributed by atoms with E-state index in [1.807, 2.05) is 30.0 Å². The Bertz CT molecular complexity index is 688. The molecule has 0 saturated carbocycles. The standard InChI is InChI=1S/C16H19N5O/c1-11-5-3-7-15(18-11)20-16-10-17-9-13(19-16)14-6-4-8-21(14)12(2)22/h3,5,7,9-10,14H,4,6,8H2,1-2H3,(H,18,19,20)/t14-/m0/s1. The second kappa shape index (κ2) is 6.09. The summed E-state index contributed by atoms with van der Waals surface area (Å²) in [5.41, 5.74) is 1.76. The Labute approximate surface area is 129 Å². The first kappa shape index (κ1) is 14.4. The first-order valence-electron chi connectivity index (χ1n) is 7.43. The zero-order valence-electron chi connectivity index (χ0n) is 12.8. The van der Waals surface area contributed by atoms with Gasteiger partial charge in [0.1, 0.15) is 11.6 Å². The molecule has 0 bridgehead atoms. The van der Waals surface area contributed by atoms with Crippen LogP contribution in [0, 0.1) is 6.92 Å². The van der Waals surface area contributed by atoms with Crippen LogP contribution in [0.2, 0.25) is 0 Å². The van der Waals surface area contributed by atoms with Crippen LogP contribution in [0.25, 0.3) is 0 Å². The van der Waals surface area contributed by atoms with Gasteiger partial charge in [0, 0.05) is 19.2 Å². The lowest BCUT2D eigenvalue weighted by atomic mass is 10.1. The number of carbonyl (C=O) groups is 1. The van der Waals surface area contributed by atoms with Gasteiger partial charge in [0.15, 0.2) is 0 Å². The highest BCUT2D eigenvalue weighted by atomic mass is 16.2. The van der Waals surface area contributed by atoms with Crippen LogP contribution in [0.5, 0.6) is 0 Å². The summed E-state index contributed by atoms with van der Waals surface area (Å²) in [4.78, 5) is 26.8. The predicted octanol–water partition coefficient (Wildman–Crippen LogP) is 2.61. The average Bonchev–Trinajstić information content (AvgIpc) is 2.97. The summed E-state index contributed by atoms with van der Waals surface area (Å²) in [5, 5.41) is 3.16. The van der Waals surface area contributed by atoms with Crippen molar-refractivity contribution in [1.29, 1.82) is 0 Å². The topological polar surface area (TPSA) is 71.0 Å². The van der Waals surface area contributed by atoms with E-state index < -0.39 is 0 Å². The Hall–Kier alpha value is -2.50. The molecule has 1 amide bonds. The van der Waals surface area contributed by atoms with Crippen molar-refractivity contribution in [2.45, 2.75) is 32.7 Å². The van der Waals surface area contributed by atoms with Gasteiger partial charge in [-0.3, -0.25) is 9.78 Å². The van der Waals surface area contributed by atoms with Crippen molar-refractivity contribution < 1.29 is 4.79 Å². The van der Waals surface area contributed by atoms with E-state index in [-0.39, 0.29) is 11.9 Å². The maximum Gasteiger partial charge on any atom is 0.220 e. The molecule has 6 heteroatoms. The van der Waals surface area contributed by atoms with Crippen LogP contribution in [-0.2, 0) is 4.79 Å². The SMILES string of the molecule is CC(=O)N1CCC[C@H]1c1cncc(Nc2cccc(C)n2)n1. The van der Waals surface area contributed by atoms with Crippen molar-refractivity contribution in [3.05, 3.63) is 42.0 Å². The molecule has 0 spiro atoms. The fourth-order valence-electron chi connectivity index (χ4n) is 2.80. The molecule has 3 rings (SSSR count). The normalized spacial score (nSPS) is 17.5. The molecule has 0 aromatic carbocycles. The Morgan fingerprint density at radius 2 is 2.14 bits per heavy atom. The molecule has 1 atom stereocenters. The predicted molar refractivity (Wildman–Crippen MR) is 83.7 cm³/mol. The quantitative estimate of drug-likeness (QED) is 0.943. The molecule has 1 N–H and O–H groups in total. The van der Waals surface area contributed by atoms with Gasteiger partial charge in [-0.2, -0.15) is 0 Å². The van der Waals surface area contributed by atoms with E-state index in [1.54, 1.807) is 19.3 Å². The molecular weight excluding hydrogens is 278 g/mol. The molecule has 3 heterocycles. The average molecular weight is 297 g/mol. The van der Waals surface area contributed by atoms with Crippen LogP contribution in [0.1, 0.15) is 37.2 Å². The van der Waals surface area contributed by atoms with Crippen molar-refractivity contribution in [3.8, 4) is 0 Å². The monoisotopic (exact) mass is 297 g/mol. The van der Waals surface area contributed by atoms with Gasteiger partial charge in [-0.1, -0.05) is 6.07 Å². The molecule has 0 unspecified atom stereocenters. The van der Waals surface area contributed by atoms with E-state index in [4.69, 9.17) is 0 Å². The van der Waals surface area contributed by atoms with E-state index in [2.05, 4.69) is 20.3 Å². The molecule has 0 radical (unpaired) electrons. The van der Waals surface area contributed by atoms with Crippen molar-refractivity contribution in [2.24, 2.45) is 0 Å². The van der Waals surface area contributed by atoms with E-state index in [9.17, 15) is 4.79 Å². The molecule has 1 aliphatic rings. The van der Waals surface area contributed by atoms with Crippen LogP contribution >= 0.6 is 0 Å². The third-order valence-electron chi connectivity index (χ3n) is 3.80. The summed E-state index contributed by atoms with van der Waals surface area (Å²) in [7, 11) is 0. The highest BCUT2D eigenvalue weighted by Gasteiger charge is 2.29. The molecule has 6 nitrogen and oxygen atoms in total. The summed E-state index contributed by atoms with van der Waals surface area (Å²) >= 11 is 0. The number of pyridine rings is 1. The molecule has 2 aromatic heterocycles. The number of likely N-dealkylation sites (tertiary alicyclic amines) is 1. The highest BCUT2D eigenvalue weighted by molar-refractivity contribution is 5.74. The van der Waals surface area contributed by atoms with Gasteiger partial charge >= 0.3 is 0 Å². The van der Waals surface area contributed by atoms with Crippen molar-refractivity contribution in [3.63, 3.8) is 0 Å². The second-order valence-electron chi connectivity index (χ2n) is 5.49.